The lowest BCUT2D eigenvalue weighted by molar-refractivity contribution is -0.161. The molecule has 7 atom stereocenters. The Balaban J connectivity index is 5.24. The van der Waals surface area contributed by atoms with Crippen molar-refractivity contribution >= 4 is 39.5 Å². The molecule has 0 saturated heterocycles. The predicted molar refractivity (Wildman–Crippen MR) is 474 cm³/mol. The van der Waals surface area contributed by atoms with E-state index in [1.54, 1.807) is 0 Å². The van der Waals surface area contributed by atoms with Crippen molar-refractivity contribution < 1.29 is 80.2 Å². The quantitative estimate of drug-likeness (QED) is 0.0222. The van der Waals surface area contributed by atoms with Gasteiger partial charge in [-0.1, -0.05) is 465 Å². The van der Waals surface area contributed by atoms with Gasteiger partial charge in [-0.15, -0.1) is 0 Å². The van der Waals surface area contributed by atoms with E-state index in [9.17, 15) is 43.2 Å². The lowest BCUT2D eigenvalue weighted by atomic mass is 9.99. The molecule has 19 heteroatoms. The minimum Gasteiger partial charge on any atom is -0.462 e. The Morgan fingerprint density at radius 2 is 0.421 bits per heavy atom. The summed E-state index contributed by atoms with van der Waals surface area (Å²) < 4.78 is 69.2. The Bertz CT molecular complexity index is 2170. The van der Waals surface area contributed by atoms with Crippen LogP contribution in [0.5, 0.6) is 0 Å². The van der Waals surface area contributed by atoms with E-state index >= 15 is 0 Å². The molecule has 0 aromatic carbocycles. The van der Waals surface area contributed by atoms with E-state index in [-0.39, 0.29) is 25.7 Å². The van der Waals surface area contributed by atoms with Crippen LogP contribution in [0.15, 0.2) is 0 Å². The van der Waals surface area contributed by atoms with Gasteiger partial charge in [-0.2, -0.15) is 0 Å². The highest BCUT2D eigenvalue weighted by Crippen LogP contribution is 2.45. The largest absolute Gasteiger partial charge is 0.472 e. The average molecular weight is 1660 g/mol. The van der Waals surface area contributed by atoms with Crippen LogP contribution in [0, 0.1) is 11.8 Å². The normalized spacial score (nSPS) is 14.1. The lowest BCUT2D eigenvalue weighted by Crippen LogP contribution is -2.30. The van der Waals surface area contributed by atoms with Gasteiger partial charge in [-0.05, 0) is 37.5 Å². The van der Waals surface area contributed by atoms with E-state index in [2.05, 4.69) is 41.5 Å². The Kier molecular flexibility index (Phi) is 84.6. The summed E-state index contributed by atoms with van der Waals surface area (Å²) in [6.07, 6.45) is 82.0. The van der Waals surface area contributed by atoms with Gasteiger partial charge < -0.3 is 33.8 Å². The second kappa shape index (κ2) is 86.0. The van der Waals surface area contributed by atoms with Crippen LogP contribution in [-0.4, -0.2) is 96.7 Å². The average Bonchev–Trinajstić information content (AvgIpc) is 0.897. The number of hydrogen-bond acceptors (Lipinski definition) is 15. The molecule has 0 spiro atoms. The second-order valence-corrected chi connectivity index (χ2v) is 37.5. The molecule has 0 aromatic heterocycles. The van der Waals surface area contributed by atoms with Crippen LogP contribution in [0.25, 0.3) is 0 Å². The maximum absolute atomic E-state index is 13.2. The van der Waals surface area contributed by atoms with Gasteiger partial charge in [0, 0.05) is 25.7 Å². The summed E-state index contributed by atoms with van der Waals surface area (Å²) in [5.74, 6) is -0.374. The zero-order valence-electron chi connectivity index (χ0n) is 75.4. The number of ether oxygens (including phenoxy) is 4. The first-order valence-corrected chi connectivity index (χ1v) is 52.1. The highest BCUT2D eigenvalue weighted by molar-refractivity contribution is 7.47. The van der Waals surface area contributed by atoms with Crippen LogP contribution in [0.4, 0.5) is 0 Å². The Morgan fingerprint density at radius 3 is 0.623 bits per heavy atom. The zero-order chi connectivity index (χ0) is 83.4. The highest BCUT2D eigenvalue weighted by atomic mass is 31.2. The molecule has 0 saturated carbocycles. The molecule has 17 nitrogen and oxygen atoms in total. The number of rotatable bonds is 94. The number of aliphatic hydroxyl groups is 1. The van der Waals surface area contributed by atoms with Crippen LogP contribution in [0.3, 0.4) is 0 Å². The fraction of sp³-hybridized carbons (Fsp3) is 0.958. The first-order chi connectivity index (χ1) is 55.4. The number of aliphatic hydroxyl groups excluding tert-OH is 1. The minimum atomic E-state index is -4.97. The predicted octanol–water partition coefficient (Wildman–Crippen LogP) is 29.7. The monoisotopic (exact) mass is 1660 g/mol. The van der Waals surface area contributed by atoms with Crippen molar-refractivity contribution in [2.45, 2.75) is 535 Å². The van der Waals surface area contributed by atoms with E-state index in [0.717, 1.165) is 102 Å². The molecule has 0 bridgehead atoms. The third kappa shape index (κ3) is 85.1. The van der Waals surface area contributed by atoms with E-state index in [1.165, 1.54) is 334 Å². The van der Waals surface area contributed by atoms with E-state index in [1.807, 2.05) is 0 Å². The minimum absolute atomic E-state index is 0.108. The number of unbranched alkanes of at least 4 members (excludes halogenated alkanes) is 62. The van der Waals surface area contributed by atoms with Gasteiger partial charge >= 0.3 is 39.5 Å². The summed E-state index contributed by atoms with van der Waals surface area (Å²) in [6.45, 7) is 9.85. The molecule has 4 unspecified atom stereocenters. The van der Waals surface area contributed by atoms with Crippen LogP contribution in [-0.2, 0) is 65.4 Å². The molecular weight excluding hydrogens is 1470 g/mol. The molecule has 0 heterocycles. The Morgan fingerprint density at radius 1 is 0.246 bits per heavy atom. The number of carbonyl (C=O) groups excluding carboxylic acids is 4. The van der Waals surface area contributed by atoms with Gasteiger partial charge in [0.25, 0.3) is 0 Å². The van der Waals surface area contributed by atoms with Crippen molar-refractivity contribution in [3.63, 3.8) is 0 Å². The number of esters is 4. The first kappa shape index (κ1) is 112. The van der Waals surface area contributed by atoms with Crippen LogP contribution in [0.2, 0.25) is 0 Å². The van der Waals surface area contributed by atoms with E-state index in [0.29, 0.717) is 25.7 Å². The fourth-order valence-corrected chi connectivity index (χ4v) is 16.5. The van der Waals surface area contributed by atoms with Crippen molar-refractivity contribution in [2.24, 2.45) is 11.8 Å². The standard InChI is InChI=1S/C95H186O17P2/c1-7-11-13-15-17-19-21-23-24-25-26-27-28-29-33-36-42-48-54-60-66-72-78-93(98)106-84-91(112-94(99)79-73-67-61-55-49-43-37-34-31-30-32-35-40-45-51-57-63-69-75-87(5)9-3)86-110-114(103,104)108-82-89(96)81-107-113(101,102)109-85-90(83-105-92(97)77-71-65-59-53-47-22-20-18-16-14-12-8-2)111-95(100)80-74-68-62-56-50-44-39-38-41-46-52-58-64-70-76-88(6)10-4/h87-91,96H,7-86H2,1-6H3,(H,101,102)(H,103,104)/t87?,88?,89-,90+,91+/m0/s1. The van der Waals surface area contributed by atoms with Gasteiger partial charge in [-0.25, -0.2) is 9.13 Å². The molecule has 0 aliphatic carbocycles. The molecule has 0 aliphatic heterocycles. The summed E-state index contributed by atoms with van der Waals surface area (Å²) in [4.78, 5) is 73.6. The van der Waals surface area contributed by atoms with Crippen molar-refractivity contribution in [2.75, 3.05) is 39.6 Å². The van der Waals surface area contributed by atoms with E-state index in [4.69, 9.17) is 37.0 Å². The summed E-state index contributed by atoms with van der Waals surface area (Å²) in [5.41, 5.74) is 0. The summed E-state index contributed by atoms with van der Waals surface area (Å²) in [5, 5.41) is 10.7. The maximum Gasteiger partial charge on any atom is 0.472 e. The summed E-state index contributed by atoms with van der Waals surface area (Å²) in [7, 11) is -9.94. The number of phosphoric ester groups is 2. The number of phosphoric acid groups is 2. The molecule has 678 valence electrons. The van der Waals surface area contributed by atoms with Gasteiger partial charge in [-0.3, -0.25) is 37.3 Å². The summed E-state index contributed by atoms with van der Waals surface area (Å²) in [6, 6.07) is 0. The molecule has 0 aliphatic rings. The van der Waals surface area contributed by atoms with Crippen LogP contribution in [0.1, 0.15) is 517 Å². The molecular formula is C95H186O17P2. The first-order valence-electron chi connectivity index (χ1n) is 49.1. The SMILES string of the molecule is CCCCCCCCCCCCCCCCCCCCCCCCC(=O)OC[C@H](COP(=O)(O)OC[C@@H](O)COP(=O)(O)OC[C@@H](COC(=O)CCCCCCCCCCCCCC)OC(=O)CCCCCCCCCCCCCCCCC(C)CC)OC(=O)CCCCCCCCCCCCCCCCCCCCC(C)CC. The van der Waals surface area contributed by atoms with Gasteiger partial charge in [0.2, 0.25) is 0 Å². The molecule has 0 amide bonds. The van der Waals surface area contributed by atoms with Gasteiger partial charge in [0.1, 0.15) is 19.3 Å². The third-order valence-corrected chi connectivity index (χ3v) is 25.1. The molecule has 0 fully saturated rings. The highest BCUT2D eigenvalue weighted by Gasteiger charge is 2.31. The van der Waals surface area contributed by atoms with Crippen molar-refractivity contribution in [3.05, 3.63) is 0 Å². The maximum atomic E-state index is 13.2. The second-order valence-electron chi connectivity index (χ2n) is 34.6. The fourth-order valence-electron chi connectivity index (χ4n) is 14.9. The third-order valence-electron chi connectivity index (χ3n) is 23.2. The van der Waals surface area contributed by atoms with Crippen molar-refractivity contribution in [1.82, 2.24) is 0 Å². The van der Waals surface area contributed by atoms with Crippen LogP contribution < -0.4 is 0 Å². The van der Waals surface area contributed by atoms with Gasteiger partial charge in [0.05, 0.1) is 26.4 Å². The Hall–Kier alpha value is -1.94. The number of carbonyl (C=O) groups is 4. The molecule has 0 rings (SSSR count). The van der Waals surface area contributed by atoms with Crippen LogP contribution >= 0.6 is 15.6 Å². The molecule has 3 N–H and O–H groups in total. The topological polar surface area (TPSA) is 237 Å². The summed E-state index contributed by atoms with van der Waals surface area (Å²) >= 11 is 0. The Labute approximate surface area is 702 Å². The smallest absolute Gasteiger partial charge is 0.462 e. The number of hydrogen-bond donors (Lipinski definition) is 3. The van der Waals surface area contributed by atoms with E-state index < -0.39 is 97.5 Å². The molecule has 114 heavy (non-hydrogen) atoms. The lowest BCUT2D eigenvalue weighted by Gasteiger charge is -2.21. The zero-order valence-corrected chi connectivity index (χ0v) is 77.2. The molecule has 0 aromatic rings. The van der Waals surface area contributed by atoms with Crippen molar-refractivity contribution in [3.8, 4) is 0 Å². The molecule has 0 radical (unpaired) electrons. The van der Waals surface area contributed by atoms with Crippen molar-refractivity contribution in [1.29, 1.82) is 0 Å². The van der Waals surface area contributed by atoms with Gasteiger partial charge in [0.15, 0.2) is 12.2 Å².